The zero-order valence-electron chi connectivity index (χ0n) is 6.62. The molecule has 1 unspecified atom stereocenters. The normalized spacial score (nSPS) is 16.3. The summed E-state index contributed by atoms with van der Waals surface area (Å²) in [6.07, 6.45) is 2.25. The Labute approximate surface area is 67.1 Å². The molecule has 2 atom stereocenters. The van der Waals surface area contributed by atoms with E-state index in [9.17, 15) is 4.57 Å². The summed E-state index contributed by atoms with van der Waals surface area (Å²) in [6.45, 7) is 2.04. The molecule has 0 fully saturated rings. The van der Waals surface area contributed by atoms with Gasteiger partial charge >= 0.3 is 8.25 Å². The average molecular weight is 182 g/mol. The quantitative estimate of drug-likeness (QED) is 0.369. The molecule has 5 heteroatoms. The highest BCUT2D eigenvalue weighted by Crippen LogP contribution is 2.19. The average Bonchev–Trinajstić information content (AvgIpc) is 1.86. The topological polar surface area (TPSA) is 66.8 Å². The van der Waals surface area contributed by atoms with Gasteiger partial charge in [0.2, 0.25) is 0 Å². The van der Waals surface area contributed by atoms with E-state index in [1.807, 2.05) is 6.92 Å². The molecule has 2 N–H and O–H groups in total. The minimum absolute atomic E-state index is 0.435. The molecule has 0 bridgehead atoms. The molecule has 0 heterocycles. The van der Waals surface area contributed by atoms with Crippen LogP contribution in [0.5, 0.6) is 0 Å². The van der Waals surface area contributed by atoms with Crippen molar-refractivity contribution >= 4 is 8.25 Å². The molecule has 4 nitrogen and oxygen atoms in total. The van der Waals surface area contributed by atoms with Crippen molar-refractivity contribution in [3.05, 3.63) is 0 Å². The Morgan fingerprint density at radius 1 is 1.55 bits per heavy atom. The van der Waals surface area contributed by atoms with Crippen LogP contribution in [0.3, 0.4) is 0 Å². The lowest BCUT2D eigenvalue weighted by atomic mass is 10.2. The lowest BCUT2D eigenvalue weighted by Crippen LogP contribution is -2.06. The van der Waals surface area contributed by atoms with Gasteiger partial charge in [0.25, 0.3) is 0 Å². The van der Waals surface area contributed by atoms with Crippen LogP contribution in [0.4, 0.5) is 0 Å². The Morgan fingerprint density at radius 2 is 2.18 bits per heavy atom. The summed E-state index contributed by atoms with van der Waals surface area (Å²) in [7, 11) is -2.97. The van der Waals surface area contributed by atoms with Crippen molar-refractivity contribution in [2.75, 3.05) is 0 Å². The SMILES string of the molecule is CCCCC[C@@H](O)O[PH](=O)O. The summed E-state index contributed by atoms with van der Waals surface area (Å²) in [5, 5.41) is 8.89. The second-order valence-electron chi connectivity index (χ2n) is 2.33. The highest BCUT2D eigenvalue weighted by molar-refractivity contribution is 7.32. The van der Waals surface area contributed by atoms with Crippen molar-refractivity contribution in [1.82, 2.24) is 0 Å². The zero-order chi connectivity index (χ0) is 8.69. The Bertz CT molecular complexity index is 117. The number of aliphatic hydroxyl groups is 1. The van der Waals surface area contributed by atoms with Gasteiger partial charge in [0.15, 0.2) is 6.29 Å². The fraction of sp³-hybridized carbons (Fsp3) is 1.00. The Hall–Kier alpha value is 0.110. The molecule has 0 aromatic rings. The highest BCUT2D eigenvalue weighted by atomic mass is 31.1. The second-order valence-corrected chi connectivity index (χ2v) is 3.10. The van der Waals surface area contributed by atoms with Crippen LogP contribution in [0.25, 0.3) is 0 Å². The van der Waals surface area contributed by atoms with E-state index < -0.39 is 14.5 Å². The van der Waals surface area contributed by atoms with Crippen molar-refractivity contribution in [3.8, 4) is 0 Å². The molecule has 0 spiro atoms. The fourth-order valence-electron chi connectivity index (χ4n) is 0.744. The van der Waals surface area contributed by atoms with Crippen molar-refractivity contribution < 1.29 is 19.1 Å². The second kappa shape index (κ2) is 6.80. The molecule has 0 aliphatic heterocycles. The maximum atomic E-state index is 10.0. The van der Waals surface area contributed by atoms with Crippen LogP contribution in [-0.2, 0) is 9.09 Å². The van der Waals surface area contributed by atoms with Gasteiger partial charge in [-0.25, -0.2) is 0 Å². The van der Waals surface area contributed by atoms with Gasteiger partial charge in [0.05, 0.1) is 0 Å². The maximum Gasteiger partial charge on any atom is 0.318 e. The Morgan fingerprint density at radius 3 is 2.64 bits per heavy atom. The predicted octanol–water partition coefficient (Wildman–Crippen LogP) is 1.28. The van der Waals surface area contributed by atoms with E-state index in [-0.39, 0.29) is 0 Å². The molecule has 0 aromatic carbocycles. The molecule has 0 aromatic heterocycles. The molecule has 0 amide bonds. The van der Waals surface area contributed by atoms with Gasteiger partial charge in [-0.3, -0.25) is 9.09 Å². The van der Waals surface area contributed by atoms with E-state index in [0.29, 0.717) is 6.42 Å². The first-order chi connectivity index (χ1) is 5.16. The lowest BCUT2D eigenvalue weighted by molar-refractivity contribution is -0.0257. The number of aliphatic hydroxyl groups excluding tert-OH is 1. The molecular weight excluding hydrogens is 167 g/mol. The van der Waals surface area contributed by atoms with Crippen LogP contribution in [0.15, 0.2) is 0 Å². The van der Waals surface area contributed by atoms with Crippen molar-refractivity contribution in [2.24, 2.45) is 0 Å². The standard InChI is InChI=1S/C6H15O4P/c1-2-3-4-5-6(7)10-11(8)9/h6-7,11H,2-5H2,1H3,(H,8,9)/t6-/m0/s1. The maximum absolute atomic E-state index is 10.0. The molecule has 11 heavy (non-hydrogen) atoms. The van der Waals surface area contributed by atoms with Crippen molar-refractivity contribution in [2.45, 2.75) is 38.9 Å². The van der Waals surface area contributed by atoms with Crippen LogP contribution in [-0.4, -0.2) is 16.3 Å². The minimum Gasteiger partial charge on any atom is -0.368 e. The van der Waals surface area contributed by atoms with Crippen molar-refractivity contribution in [3.63, 3.8) is 0 Å². The summed E-state index contributed by atoms with van der Waals surface area (Å²) in [6, 6.07) is 0. The summed E-state index contributed by atoms with van der Waals surface area (Å²) in [4.78, 5) is 8.24. The Balaban J connectivity index is 3.22. The van der Waals surface area contributed by atoms with Crippen molar-refractivity contribution in [1.29, 1.82) is 0 Å². The van der Waals surface area contributed by atoms with Gasteiger partial charge in [-0.1, -0.05) is 19.8 Å². The van der Waals surface area contributed by atoms with E-state index >= 15 is 0 Å². The van der Waals surface area contributed by atoms with Crippen LogP contribution in [0.1, 0.15) is 32.6 Å². The monoisotopic (exact) mass is 182 g/mol. The van der Waals surface area contributed by atoms with Gasteiger partial charge in [-0.2, -0.15) is 0 Å². The fourth-order valence-corrected chi connectivity index (χ4v) is 1.09. The van der Waals surface area contributed by atoms with Crippen LogP contribution < -0.4 is 0 Å². The first-order valence-electron chi connectivity index (χ1n) is 3.74. The molecule has 0 saturated heterocycles. The van der Waals surface area contributed by atoms with E-state index in [1.54, 1.807) is 0 Å². The number of unbranched alkanes of at least 4 members (excludes halogenated alkanes) is 2. The third kappa shape index (κ3) is 8.01. The van der Waals surface area contributed by atoms with Gasteiger partial charge in [0, 0.05) is 0 Å². The molecule has 0 aliphatic rings. The third-order valence-electron chi connectivity index (χ3n) is 1.29. The summed E-state index contributed by atoms with van der Waals surface area (Å²) in [5.41, 5.74) is 0. The molecule has 68 valence electrons. The first-order valence-corrected chi connectivity index (χ1v) is 5.00. The number of rotatable bonds is 6. The first kappa shape index (κ1) is 11.1. The lowest BCUT2D eigenvalue weighted by Gasteiger charge is -2.07. The van der Waals surface area contributed by atoms with Gasteiger partial charge in [-0.15, -0.1) is 0 Å². The minimum atomic E-state index is -2.97. The van der Waals surface area contributed by atoms with Gasteiger partial charge < -0.3 is 10.00 Å². The van der Waals surface area contributed by atoms with E-state index in [0.717, 1.165) is 19.3 Å². The molecule has 0 saturated carbocycles. The third-order valence-corrected chi connectivity index (χ3v) is 1.77. The highest BCUT2D eigenvalue weighted by Gasteiger charge is 2.05. The summed E-state index contributed by atoms with van der Waals surface area (Å²) >= 11 is 0. The van der Waals surface area contributed by atoms with E-state index in [4.69, 9.17) is 10.00 Å². The number of hydrogen-bond donors (Lipinski definition) is 2. The van der Waals surface area contributed by atoms with E-state index in [1.165, 1.54) is 0 Å². The smallest absolute Gasteiger partial charge is 0.318 e. The molecule has 0 radical (unpaired) electrons. The van der Waals surface area contributed by atoms with Gasteiger partial charge in [0.1, 0.15) is 0 Å². The molecule has 0 rings (SSSR count). The number of hydrogen-bond acceptors (Lipinski definition) is 3. The summed E-state index contributed by atoms with van der Waals surface area (Å²) < 4.78 is 14.3. The zero-order valence-corrected chi connectivity index (χ0v) is 7.62. The van der Waals surface area contributed by atoms with Crippen LogP contribution in [0, 0.1) is 0 Å². The van der Waals surface area contributed by atoms with Crippen LogP contribution >= 0.6 is 8.25 Å². The predicted molar refractivity (Wildman–Crippen MR) is 42.5 cm³/mol. The van der Waals surface area contributed by atoms with Gasteiger partial charge in [-0.05, 0) is 12.8 Å². The summed E-state index contributed by atoms with van der Waals surface area (Å²) in [5.74, 6) is 0. The van der Waals surface area contributed by atoms with Crippen LogP contribution in [0.2, 0.25) is 0 Å². The largest absolute Gasteiger partial charge is 0.368 e. The Kier molecular flexibility index (Phi) is 6.87. The molecular formula is C6H15O4P. The van der Waals surface area contributed by atoms with E-state index in [2.05, 4.69) is 4.52 Å². The molecule has 0 aliphatic carbocycles.